The van der Waals surface area contributed by atoms with Gasteiger partial charge in [-0.3, -0.25) is 4.79 Å². The lowest BCUT2D eigenvalue weighted by atomic mass is 10.2. The van der Waals surface area contributed by atoms with E-state index >= 15 is 0 Å². The zero-order valence-corrected chi connectivity index (χ0v) is 13.4. The van der Waals surface area contributed by atoms with Gasteiger partial charge in [0.25, 0.3) is 6.43 Å². The molecule has 0 aliphatic rings. The van der Waals surface area contributed by atoms with Crippen molar-refractivity contribution in [3.63, 3.8) is 0 Å². The standard InChI is InChI=1S/C13H10Cl3F2N3O/c1-6(14)13(22)20-10-2-3-19-21(10)11-8(15)4-7(12(17)18)5-9(11)16/h2-6,12H,1H3,(H,20,22). The summed E-state index contributed by atoms with van der Waals surface area (Å²) >= 11 is 17.7. The number of amides is 1. The highest BCUT2D eigenvalue weighted by molar-refractivity contribution is 6.38. The predicted molar refractivity (Wildman–Crippen MR) is 82.5 cm³/mol. The van der Waals surface area contributed by atoms with Crippen LogP contribution in [0.25, 0.3) is 5.69 Å². The number of rotatable bonds is 4. The van der Waals surface area contributed by atoms with Crippen LogP contribution in [-0.4, -0.2) is 21.1 Å². The lowest BCUT2D eigenvalue weighted by molar-refractivity contribution is -0.115. The van der Waals surface area contributed by atoms with Crippen LogP contribution in [0, 0.1) is 0 Å². The van der Waals surface area contributed by atoms with E-state index < -0.39 is 17.7 Å². The molecule has 2 aromatic rings. The van der Waals surface area contributed by atoms with E-state index in [0.29, 0.717) is 0 Å². The second kappa shape index (κ2) is 6.81. The Balaban J connectivity index is 2.46. The molecule has 0 spiro atoms. The van der Waals surface area contributed by atoms with Crippen LogP contribution >= 0.6 is 34.8 Å². The molecule has 0 aliphatic heterocycles. The molecule has 2 rings (SSSR count). The van der Waals surface area contributed by atoms with E-state index in [1.807, 2.05) is 0 Å². The molecule has 1 aromatic carbocycles. The summed E-state index contributed by atoms with van der Waals surface area (Å²) in [7, 11) is 0. The maximum absolute atomic E-state index is 12.7. The molecular formula is C13H10Cl3F2N3O. The van der Waals surface area contributed by atoms with Gasteiger partial charge < -0.3 is 5.32 Å². The number of halogens is 5. The first-order valence-corrected chi connectivity index (χ1v) is 7.27. The van der Waals surface area contributed by atoms with Crippen molar-refractivity contribution in [3.8, 4) is 5.69 Å². The van der Waals surface area contributed by atoms with Crippen molar-refractivity contribution in [1.29, 1.82) is 0 Å². The topological polar surface area (TPSA) is 46.9 Å². The molecule has 22 heavy (non-hydrogen) atoms. The number of alkyl halides is 3. The molecule has 1 amide bonds. The number of carbonyl (C=O) groups is 1. The van der Waals surface area contributed by atoms with Gasteiger partial charge in [-0.2, -0.15) is 5.10 Å². The van der Waals surface area contributed by atoms with E-state index in [2.05, 4.69) is 10.4 Å². The van der Waals surface area contributed by atoms with Crippen LogP contribution < -0.4 is 5.32 Å². The molecule has 0 saturated carbocycles. The van der Waals surface area contributed by atoms with Gasteiger partial charge in [-0.15, -0.1) is 11.6 Å². The van der Waals surface area contributed by atoms with Crippen LogP contribution in [0.15, 0.2) is 24.4 Å². The highest BCUT2D eigenvalue weighted by Crippen LogP contribution is 2.34. The first-order chi connectivity index (χ1) is 10.3. The summed E-state index contributed by atoms with van der Waals surface area (Å²) in [4.78, 5) is 11.7. The lowest BCUT2D eigenvalue weighted by Crippen LogP contribution is -2.22. The first kappa shape index (κ1) is 17.0. The van der Waals surface area contributed by atoms with Gasteiger partial charge in [0.05, 0.1) is 16.2 Å². The highest BCUT2D eigenvalue weighted by atomic mass is 35.5. The average molecular weight is 369 g/mol. The Hall–Kier alpha value is -1.37. The number of aromatic nitrogens is 2. The summed E-state index contributed by atoms with van der Waals surface area (Å²) in [6.07, 6.45) is -1.29. The van der Waals surface area contributed by atoms with Gasteiger partial charge in [-0.1, -0.05) is 23.2 Å². The SMILES string of the molecule is CC(Cl)C(=O)Nc1ccnn1-c1c(Cl)cc(C(F)F)cc1Cl. The monoisotopic (exact) mass is 367 g/mol. The molecule has 4 nitrogen and oxygen atoms in total. The Kier molecular flexibility index (Phi) is 5.26. The van der Waals surface area contributed by atoms with Gasteiger partial charge >= 0.3 is 0 Å². The fraction of sp³-hybridized carbons (Fsp3) is 0.231. The van der Waals surface area contributed by atoms with Gasteiger partial charge in [-0.25, -0.2) is 13.5 Å². The van der Waals surface area contributed by atoms with Crippen molar-refractivity contribution in [1.82, 2.24) is 9.78 Å². The second-order valence-corrected chi connectivity index (χ2v) is 5.84. The highest BCUT2D eigenvalue weighted by Gasteiger charge is 2.19. The largest absolute Gasteiger partial charge is 0.309 e. The molecule has 118 valence electrons. The summed E-state index contributed by atoms with van der Waals surface area (Å²) in [5.74, 6) is -0.175. The normalized spacial score (nSPS) is 12.5. The molecule has 0 radical (unpaired) electrons. The Morgan fingerprint density at radius 2 is 1.91 bits per heavy atom. The summed E-state index contributed by atoms with van der Waals surface area (Å²) < 4.78 is 26.7. The van der Waals surface area contributed by atoms with E-state index in [1.165, 1.54) is 23.9 Å². The van der Waals surface area contributed by atoms with Gasteiger partial charge in [-0.05, 0) is 19.1 Å². The van der Waals surface area contributed by atoms with Crippen molar-refractivity contribution in [2.75, 3.05) is 5.32 Å². The Morgan fingerprint density at radius 1 is 1.32 bits per heavy atom. The van der Waals surface area contributed by atoms with Crippen LogP contribution in [0.1, 0.15) is 18.9 Å². The van der Waals surface area contributed by atoms with Crippen molar-refractivity contribution in [2.45, 2.75) is 18.7 Å². The molecule has 0 aliphatic carbocycles. The predicted octanol–water partition coefficient (Wildman–Crippen LogP) is 4.68. The van der Waals surface area contributed by atoms with E-state index in [1.54, 1.807) is 0 Å². The molecule has 1 atom stereocenters. The third-order valence-corrected chi connectivity index (χ3v) is 3.53. The van der Waals surface area contributed by atoms with E-state index in [-0.39, 0.29) is 27.1 Å². The molecule has 1 N–H and O–H groups in total. The quantitative estimate of drug-likeness (QED) is 0.796. The van der Waals surface area contributed by atoms with Crippen LogP contribution in [0.4, 0.5) is 14.6 Å². The molecule has 0 bridgehead atoms. The number of anilines is 1. The average Bonchev–Trinajstić information content (AvgIpc) is 2.85. The Labute approximate surface area is 140 Å². The van der Waals surface area contributed by atoms with Crippen molar-refractivity contribution in [2.24, 2.45) is 0 Å². The van der Waals surface area contributed by atoms with Crippen LogP contribution in [0.3, 0.4) is 0 Å². The minimum Gasteiger partial charge on any atom is -0.309 e. The van der Waals surface area contributed by atoms with Crippen LogP contribution in [0.5, 0.6) is 0 Å². The molecule has 9 heteroatoms. The van der Waals surface area contributed by atoms with E-state index in [0.717, 1.165) is 12.1 Å². The summed E-state index contributed by atoms with van der Waals surface area (Å²) in [6, 6.07) is 3.71. The van der Waals surface area contributed by atoms with Crippen LogP contribution in [0.2, 0.25) is 10.0 Å². The zero-order chi connectivity index (χ0) is 16.4. The zero-order valence-electron chi connectivity index (χ0n) is 11.2. The van der Waals surface area contributed by atoms with Crippen molar-refractivity contribution in [3.05, 3.63) is 40.0 Å². The smallest absolute Gasteiger partial charge is 0.263 e. The number of hydrogen-bond donors (Lipinski definition) is 1. The van der Waals surface area contributed by atoms with Gasteiger partial charge in [0, 0.05) is 11.6 Å². The number of nitrogens with zero attached hydrogens (tertiary/aromatic N) is 2. The number of nitrogens with one attached hydrogen (secondary N) is 1. The molecule has 1 unspecified atom stereocenters. The van der Waals surface area contributed by atoms with E-state index in [9.17, 15) is 13.6 Å². The summed E-state index contributed by atoms with van der Waals surface area (Å²) in [5, 5.41) is 5.76. The molecule has 1 aromatic heterocycles. The maximum Gasteiger partial charge on any atom is 0.263 e. The fourth-order valence-corrected chi connectivity index (χ4v) is 2.43. The lowest BCUT2D eigenvalue weighted by Gasteiger charge is -2.13. The molecule has 0 fully saturated rings. The van der Waals surface area contributed by atoms with E-state index in [4.69, 9.17) is 34.8 Å². The van der Waals surface area contributed by atoms with Gasteiger partial charge in [0.2, 0.25) is 5.91 Å². The number of hydrogen-bond acceptors (Lipinski definition) is 2. The third kappa shape index (κ3) is 3.51. The summed E-state index contributed by atoms with van der Waals surface area (Å²) in [6.45, 7) is 1.51. The molecular weight excluding hydrogens is 359 g/mol. The molecule has 1 heterocycles. The molecule has 0 saturated heterocycles. The number of benzene rings is 1. The van der Waals surface area contributed by atoms with Crippen molar-refractivity contribution < 1.29 is 13.6 Å². The summed E-state index contributed by atoms with van der Waals surface area (Å²) in [5.41, 5.74) is -0.110. The third-order valence-electron chi connectivity index (χ3n) is 2.76. The van der Waals surface area contributed by atoms with Gasteiger partial charge in [0.1, 0.15) is 16.9 Å². The van der Waals surface area contributed by atoms with Crippen LogP contribution in [-0.2, 0) is 4.79 Å². The Morgan fingerprint density at radius 3 is 2.41 bits per heavy atom. The minimum absolute atomic E-state index is 0.0130. The Bertz CT molecular complexity index is 681. The van der Waals surface area contributed by atoms with Crippen molar-refractivity contribution >= 4 is 46.5 Å². The second-order valence-electron chi connectivity index (χ2n) is 4.37. The minimum atomic E-state index is -2.70. The number of carbonyl (C=O) groups excluding carboxylic acids is 1. The first-order valence-electron chi connectivity index (χ1n) is 6.07. The fourth-order valence-electron chi connectivity index (χ4n) is 1.72. The maximum atomic E-state index is 12.7. The van der Waals surface area contributed by atoms with Gasteiger partial charge in [0.15, 0.2) is 0 Å².